The molecule has 0 spiro atoms. The zero-order chi connectivity index (χ0) is 34.9. The van der Waals surface area contributed by atoms with E-state index in [1.807, 2.05) is 30.3 Å². The average molecular weight is 676 g/mol. The summed E-state index contributed by atoms with van der Waals surface area (Å²) >= 11 is 0. The van der Waals surface area contributed by atoms with Gasteiger partial charge in [0.1, 0.15) is 11.2 Å². The molecule has 4 heteroatoms. The van der Waals surface area contributed by atoms with Crippen LogP contribution in [0, 0.1) is 0 Å². The van der Waals surface area contributed by atoms with Crippen LogP contribution in [0.2, 0.25) is 0 Å². The summed E-state index contributed by atoms with van der Waals surface area (Å²) in [7, 11) is 0. The Kier molecular flexibility index (Phi) is 6.52. The molecule has 4 nitrogen and oxygen atoms in total. The minimum Gasteiger partial charge on any atom is -0.455 e. The molecule has 0 unspecified atom stereocenters. The van der Waals surface area contributed by atoms with E-state index < -0.39 is 0 Å². The van der Waals surface area contributed by atoms with Crippen LogP contribution in [-0.4, -0.2) is 15.0 Å². The second-order valence-electron chi connectivity index (χ2n) is 13.5. The maximum Gasteiger partial charge on any atom is 0.144 e. The van der Waals surface area contributed by atoms with E-state index in [0.29, 0.717) is 0 Å². The third-order valence-corrected chi connectivity index (χ3v) is 10.5. The first-order chi connectivity index (χ1) is 26.3. The summed E-state index contributed by atoms with van der Waals surface area (Å²) in [5.41, 5.74) is 12.8. The van der Waals surface area contributed by atoms with Crippen molar-refractivity contribution in [3.05, 3.63) is 176 Å². The van der Waals surface area contributed by atoms with Gasteiger partial charge in [0.25, 0.3) is 0 Å². The van der Waals surface area contributed by atoms with Gasteiger partial charge in [0.2, 0.25) is 0 Å². The highest BCUT2D eigenvalue weighted by molar-refractivity contribution is 6.26. The summed E-state index contributed by atoms with van der Waals surface area (Å²) in [5.74, 6) is 0. The lowest BCUT2D eigenvalue weighted by molar-refractivity contribution is 0.673. The molecule has 0 N–H and O–H groups in total. The largest absolute Gasteiger partial charge is 0.455 e. The van der Waals surface area contributed by atoms with Gasteiger partial charge >= 0.3 is 0 Å². The van der Waals surface area contributed by atoms with E-state index in [4.69, 9.17) is 19.4 Å². The summed E-state index contributed by atoms with van der Waals surface area (Å²) in [6, 6.07) is 61.2. The number of fused-ring (bicyclic) bond motifs is 10. The normalized spacial score (nSPS) is 11.8. The van der Waals surface area contributed by atoms with E-state index in [1.54, 1.807) is 0 Å². The lowest BCUT2D eigenvalue weighted by atomic mass is 9.95. The van der Waals surface area contributed by atoms with Crippen molar-refractivity contribution in [1.29, 1.82) is 0 Å². The van der Waals surface area contributed by atoms with Crippen molar-refractivity contribution in [2.45, 2.75) is 0 Å². The molecule has 0 saturated carbocycles. The van der Waals surface area contributed by atoms with Gasteiger partial charge in [-0.2, -0.15) is 0 Å². The lowest BCUT2D eigenvalue weighted by Crippen LogP contribution is -1.91. The average Bonchev–Trinajstić information content (AvgIpc) is 3.63. The quantitative estimate of drug-likeness (QED) is 0.174. The first-order valence-electron chi connectivity index (χ1n) is 17.9. The van der Waals surface area contributed by atoms with Crippen LogP contribution in [0.1, 0.15) is 0 Å². The molecular formula is C49H29N3O. The number of pyridine rings is 3. The Morgan fingerprint density at radius 2 is 0.943 bits per heavy atom. The van der Waals surface area contributed by atoms with Crippen LogP contribution in [0.5, 0.6) is 0 Å². The fourth-order valence-corrected chi connectivity index (χ4v) is 7.89. The highest BCUT2D eigenvalue weighted by atomic mass is 16.3. The van der Waals surface area contributed by atoms with Gasteiger partial charge in [-0.25, -0.2) is 15.0 Å². The minimum absolute atomic E-state index is 0.863. The van der Waals surface area contributed by atoms with Crippen LogP contribution in [0.15, 0.2) is 180 Å². The molecule has 7 aromatic carbocycles. The first-order valence-corrected chi connectivity index (χ1v) is 17.9. The monoisotopic (exact) mass is 675 g/mol. The van der Waals surface area contributed by atoms with Gasteiger partial charge in [0, 0.05) is 54.4 Å². The van der Waals surface area contributed by atoms with Crippen molar-refractivity contribution in [3.63, 3.8) is 0 Å². The Balaban J connectivity index is 1.04. The summed E-state index contributed by atoms with van der Waals surface area (Å²) in [6.07, 6.45) is 0. The number of furan rings is 1. The Hall–Kier alpha value is -7.17. The smallest absolute Gasteiger partial charge is 0.144 e. The maximum atomic E-state index is 6.79. The zero-order valence-corrected chi connectivity index (χ0v) is 28.5. The van der Waals surface area contributed by atoms with E-state index in [2.05, 4.69) is 146 Å². The van der Waals surface area contributed by atoms with Crippen molar-refractivity contribution in [1.82, 2.24) is 15.0 Å². The van der Waals surface area contributed by atoms with Crippen LogP contribution in [-0.2, 0) is 0 Å². The highest BCUT2D eigenvalue weighted by Crippen LogP contribution is 2.43. The molecule has 4 heterocycles. The molecule has 0 atom stereocenters. The minimum atomic E-state index is 0.863. The van der Waals surface area contributed by atoms with E-state index in [-0.39, 0.29) is 0 Å². The van der Waals surface area contributed by atoms with E-state index >= 15 is 0 Å². The Morgan fingerprint density at radius 3 is 1.66 bits per heavy atom. The highest BCUT2D eigenvalue weighted by Gasteiger charge is 2.19. The molecule has 0 fully saturated rings. The summed E-state index contributed by atoms with van der Waals surface area (Å²) in [5, 5.41) is 7.59. The van der Waals surface area contributed by atoms with Gasteiger partial charge in [0.15, 0.2) is 0 Å². The number of hydrogen-bond acceptors (Lipinski definition) is 4. The third-order valence-electron chi connectivity index (χ3n) is 10.5. The molecule has 0 amide bonds. The summed E-state index contributed by atoms with van der Waals surface area (Å²) in [4.78, 5) is 15.4. The van der Waals surface area contributed by atoms with Crippen LogP contribution in [0.25, 0.3) is 110 Å². The molecule has 11 aromatic rings. The lowest BCUT2D eigenvalue weighted by Gasteiger charge is -2.11. The number of hydrogen-bond donors (Lipinski definition) is 0. The van der Waals surface area contributed by atoms with Gasteiger partial charge in [-0.1, -0.05) is 146 Å². The second-order valence-corrected chi connectivity index (χ2v) is 13.5. The number of para-hydroxylation sites is 1. The number of rotatable bonds is 4. The summed E-state index contributed by atoms with van der Waals surface area (Å²) < 4.78 is 6.79. The van der Waals surface area contributed by atoms with Crippen molar-refractivity contribution in [3.8, 4) is 44.9 Å². The van der Waals surface area contributed by atoms with Crippen LogP contribution in [0.3, 0.4) is 0 Å². The SMILES string of the molecule is c1ccc(-c2ccc3ccc4ccc(-c5ccc(-c6cccc7oc8c(ccc9c(-c%10ccccc%10)nc%10ccccc%10c98)c67)cc5)nc4c3n2)cc1. The van der Waals surface area contributed by atoms with Gasteiger partial charge in [0.05, 0.1) is 33.6 Å². The zero-order valence-electron chi connectivity index (χ0n) is 28.5. The fourth-order valence-electron chi connectivity index (χ4n) is 7.89. The topological polar surface area (TPSA) is 51.8 Å². The molecule has 0 saturated heterocycles. The molecule has 246 valence electrons. The molecular weight excluding hydrogens is 647 g/mol. The number of nitrogens with zero attached hydrogens (tertiary/aromatic N) is 3. The number of aromatic nitrogens is 3. The third kappa shape index (κ3) is 4.73. The van der Waals surface area contributed by atoms with Gasteiger partial charge in [-0.3, -0.25) is 0 Å². The van der Waals surface area contributed by atoms with Crippen molar-refractivity contribution in [2.75, 3.05) is 0 Å². The van der Waals surface area contributed by atoms with Crippen molar-refractivity contribution in [2.24, 2.45) is 0 Å². The number of benzene rings is 7. The van der Waals surface area contributed by atoms with Crippen molar-refractivity contribution >= 4 is 65.4 Å². The molecule has 0 bridgehead atoms. The van der Waals surface area contributed by atoms with Crippen LogP contribution in [0.4, 0.5) is 0 Å². The second kappa shape index (κ2) is 11.7. The predicted molar refractivity (Wildman–Crippen MR) is 219 cm³/mol. The standard InChI is InChI=1S/C49H29N3O/c1-3-10-31(11-4-1)40-28-24-34-22-23-35-25-29-41(51-48(35)47(34)50-40)32-20-18-30(19-21-32)36-15-9-17-43-44(36)39-27-26-38-45(49(39)53-43)37-14-7-8-16-42(37)52-46(38)33-12-5-2-6-13-33/h1-29H. The van der Waals surface area contributed by atoms with E-state index in [9.17, 15) is 0 Å². The Bertz CT molecular complexity index is 3200. The molecule has 4 aromatic heterocycles. The fraction of sp³-hybridized carbons (Fsp3) is 0. The van der Waals surface area contributed by atoms with Gasteiger partial charge in [-0.15, -0.1) is 0 Å². The molecule has 53 heavy (non-hydrogen) atoms. The molecule has 0 aliphatic carbocycles. The predicted octanol–water partition coefficient (Wildman–Crippen LogP) is 13.1. The first kappa shape index (κ1) is 29.5. The molecule has 11 rings (SSSR count). The van der Waals surface area contributed by atoms with E-state index in [0.717, 1.165) is 110 Å². The molecule has 0 aliphatic rings. The van der Waals surface area contributed by atoms with Gasteiger partial charge < -0.3 is 4.42 Å². The van der Waals surface area contributed by atoms with Crippen LogP contribution < -0.4 is 0 Å². The Labute approximate surface area is 304 Å². The molecule has 0 radical (unpaired) electrons. The Morgan fingerprint density at radius 1 is 0.358 bits per heavy atom. The molecule has 0 aliphatic heterocycles. The van der Waals surface area contributed by atoms with E-state index in [1.165, 1.54) is 0 Å². The maximum absolute atomic E-state index is 6.79. The van der Waals surface area contributed by atoms with Gasteiger partial charge in [-0.05, 0) is 41.5 Å². The summed E-state index contributed by atoms with van der Waals surface area (Å²) in [6.45, 7) is 0. The van der Waals surface area contributed by atoms with Crippen LogP contribution >= 0.6 is 0 Å². The van der Waals surface area contributed by atoms with Crippen molar-refractivity contribution < 1.29 is 4.42 Å².